The van der Waals surface area contributed by atoms with Gasteiger partial charge in [-0.1, -0.05) is 83.5 Å². The van der Waals surface area contributed by atoms with Crippen LogP contribution in [0, 0.1) is 6.92 Å². The number of esters is 1. The monoisotopic (exact) mass is 485 g/mol. The van der Waals surface area contributed by atoms with Crippen LogP contribution in [0.3, 0.4) is 0 Å². The highest BCUT2D eigenvalue weighted by Crippen LogP contribution is 2.24. The van der Waals surface area contributed by atoms with Gasteiger partial charge in [0.1, 0.15) is 18.0 Å². The maximum Gasteiger partial charge on any atom is 0.306 e. The summed E-state index contributed by atoms with van der Waals surface area (Å²) in [6.45, 7) is 19.9. The molecule has 5 heteroatoms. The van der Waals surface area contributed by atoms with Crippen molar-refractivity contribution in [2.24, 2.45) is 5.73 Å². The van der Waals surface area contributed by atoms with Crippen LogP contribution in [-0.2, 0) is 20.9 Å². The lowest BCUT2D eigenvalue weighted by atomic mass is 9.99. The van der Waals surface area contributed by atoms with Crippen LogP contribution in [0.4, 0.5) is 0 Å². The van der Waals surface area contributed by atoms with Gasteiger partial charge in [0.2, 0.25) is 5.91 Å². The summed E-state index contributed by atoms with van der Waals surface area (Å²) in [6.07, 6.45) is 3.43. The van der Waals surface area contributed by atoms with E-state index in [1.807, 2.05) is 90.1 Å². The molecule has 0 spiro atoms. The highest BCUT2D eigenvalue weighted by atomic mass is 16.6. The number of nitrogens with two attached hydrogens (primary N) is 1. The van der Waals surface area contributed by atoms with Gasteiger partial charge in [-0.25, -0.2) is 0 Å². The van der Waals surface area contributed by atoms with Gasteiger partial charge in [-0.2, -0.15) is 0 Å². The average molecular weight is 486 g/mol. The molecule has 0 atom stereocenters. The molecule has 1 amide bonds. The molecule has 0 saturated heterocycles. The van der Waals surface area contributed by atoms with E-state index in [0.29, 0.717) is 18.6 Å². The maximum atomic E-state index is 11.5. The Bertz CT molecular complexity index is 881. The Labute approximate surface area is 213 Å². The summed E-state index contributed by atoms with van der Waals surface area (Å²) in [5, 5.41) is 0. The van der Waals surface area contributed by atoms with E-state index in [2.05, 4.69) is 13.8 Å². The van der Waals surface area contributed by atoms with Gasteiger partial charge in [-0.05, 0) is 63.4 Å². The van der Waals surface area contributed by atoms with Gasteiger partial charge in [-0.15, -0.1) is 0 Å². The number of carbonyl (C=O) groups excluding carboxylic acids is 2. The molecule has 0 heterocycles. The Kier molecular flexibility index (Phi) is 18.7. The van der Waals surface area contributed by atoms with E-state index in [9.17, 15) is 9.59 Å². The van der Waals surface area contributed by atoms with E-state index >= 15 is 0 Å². The molecule has 0 aliphatic carbocycles. The van der Waals surface area contributed by atoms with Crippen molar-refractivity contribution in [3.05, 3.63) is 71.3 Å². The van der Waals surface area contributed by atoms with Crippen LogP contribution >= 0.6 is 0 Å². The Morgan fingerprint density at radius 1 is 0.971 bits per heavy atom. The zero-order valence-electron chi connectivity index (χ0n) is 23.5. The summed E-state index contributed by atoms with van der Waals surface area (Å²) in [5.41, 5.74) is 8.51. The van der Waals surface area contributed by atoms with Crippen molar-refractivity contribution in [2.45, 2.75) is 94.3 Å². The first-order chi connectivity index (χ1) is 16.5. The summed E-state index contributed by atoms with van der Waals surface area (Å²) < 4.78 is 10.7. The van der Waals surface area contributed by atoms with E-state index in [0.717, 1.165) is 22.4 Å². The van der Waals surface area contributed by atoms with E-state index in [4.69, 9.17) is 15.2 Å². The lowest BCUT2D eigenvalue weighted by Gasteiger charge is -2.18. The SMILES string of the molecule is C/C=C(/C(N)=O)c1cc(OCc2ccccc2)ccc1C.CC.CCC.CCC(=O)OC(C)(C)C. The largest absolute Gasteiger partial charge is 0.489 e. The molecule has 0 unspecified atom stereocenters. The van der Waals surface area contributed by atoms with Crippen LogP contribution in [0.15, 0.2) is 54.6 Å². The third-order valence-corrected chi connectivity index (χ3v) is 4.01. The highest BCUT2D eigenvalue weighted by Gasteiger charge is 2.14. The van der Waals surface area contributed by atoms with E-state index in [1.54, 1.807) is 19.9 Å². The van der Waals surface area contributed by atoms with Crippen LogP contribution in [0.5, 0.6) is 5.75 Å². The number of hydrogen-bond donors (Lipinski definition) is 1. The molecule has 0 aliphatic heterocycles. The van der Waals surface area contributed by atoms with Gasteiger partial charge >= 0.3 is 5.97 Å². The van der Waals surface area contributed by atoms with Gasteiger partial charge < -0.3 is 15.2 Å². The van der Waals surface area contributed by atoms with Crippen LogP contribution < -0.4 is 10.5 Å². The van der Waals surface area contributed by atoms with Crippen molar-refractivity contribution in [3.63, 3.8) is 0 Å². The zero-order valence-corrected chi connectivity index (χ0v) is 23.5. The van der Waals surface area contributed by atoms with E-state index < -0.39 is 5.91 Å². The van der Waals surface area contributed by atoms with Gasteiger partial charge in [0.25, 0.3) is 0 Å². The van der Waals surface area contributed by atoms with Crippen molar-refractivity contribution in [1.29, 1.82) is 0 Å². The van der Waals surface area contributed by atoms with Crippen molar-refractivity contribution in [2.75, 3.05) is 0 Å². The van der Waals surface area contributed by atoms with Crippen molar-refractivity contribution in [1.82, 2.24) is 0 Å². The quantitative estimate of drug-likeness (QED) is 0.337. The summed E-state index contributed by atoms with van der Waals surface area (Å²) in [6, 6.07) is 15.6. The second-order valence-corrected chi connectivity index (χ2v) is 8.46. The number of rotatable bonds is 6. The van der Waals surface area contributed by atoms with Gasteiger partial charge in [0, 0.05) is 12.0 Å². The molecule has 5 nitrogen and oxygen atoms in total. The molecule has 0 bridgehead atoms. The molecule has 0 fully saturated rings. The minimum absolute atomic E-state index is 0.137. The Balaban J connectivity index is 0. The lowest BCUT2D eigenvalue weighted by molar-refractivity contribution is -0.154. The van der Waals surface area contributed by atoms with E-state index in [-0.39, 0.29) is 11.6 Å². The smallest absolute Gasteiger partial charge is 0.306 e. The number of amides is 1. The second-order valence-electron chi connectivity index (χ2n) is 8.46. The molecule has 2 aromatic carbocycles. The topological polar surface area (TPSA) is 78.6 Å². The normalized spacial score (nSPS) is 10.3. The molecule has 2 rings (SSSR count). The molecule has 0 aliphatic rings. The number of allylic oxidation sites excluding steroid dienone is 1. The van der Waals surface area contributed by atoms with Crippen molar-refractivity contribution < 1.29 is 19.1 Å². The van der Waals surface area contributed by atoms with Gasteiger partial charge in [-0.3, -0.25) is 9.59 Å². The molecule has 35 heavy (non-hydrogen) atoms. The summed E-state index contributed by atoms with van der Waals surface area (Å²) in [4.78, 5) is 22.1. The minimum atomic E-state index is -0.430. The van der Waals surface area contributed by atoms with Gasteiger partial charge in [0.15, 0.2) is 0 Å². The number of ether oxygens (including phenoxy) is 2. The molecule has 0 radical (unpaired) electrons. The first-order valence-electron chi connectivity index (χ1n) is 12.4. The first kappa shape index (κ1) is 34.1. The molecule has 0 saturated carbocycles. The fraction of sp³-hybridized carbons (Fsp3) is 0.467. The third-order valence-electron chi connectivity index (χ3n) is 4.01. The molecule has 196 valence electrons. The minimum Gasteiger partial charge on any atom is -0.489 e. The molecule has 2 aromatic rings. The summed E-state index contributed by atoms with van der Waals surface area (Å²) in [5.74, 6) is 0.156. The standard InChI is InChI=1S/C18H19NO2.C7H14O2.C3H8.C2H6/c1-3-16(18(19)20)17-11-15(10-9-13(17)2)21-12-14-7-5-4-6-8-14;1-5-6(8)9-7(2,3)4;1-3-2;1-2/h3-11H,12H2,1-2H3,(H2,19,20);5H2,1-4H3;3H2,1-2H3;1-2H3/b16-3+;;;. The van der Waals surface area contributed by atoms with Gasteiger partial charge in [0.05, 0.1) is 0 Å². The fourth-order valence-corrected chi connectivity index (χ4v) is 2.57. The van der Waals surface area contributed by atoms with Crippen LogP contribution in [0.25, 0.3) is 5.57 Å². The van der Waals surface area contributed by atoms with Crippen molar-refractivity contribution >= 4 is 17.4 Å². The average Bonchev–Trinajstić information content (AvgIpc) is 2.81. The van der Waals surface area contributed by atoms with Crippen LogP contribution in [0.1, 0.15) is 91.8 Å². The number of aryl methyl sites for hydroxylation is 1. The second kappa shape index (κ2) is 19.2. The van der Waals surface area contributed by atoms with Crippen molar-refractivity contribution in [3.8, 4) is 5.75 Å². The molecular formula is C30H47NO4. The molecule has 0 aromatic heterocycles. The number of carbonyl (C=O) groups is 2. The zero-order chi connectivity index (χ0) is 27.4. The van der Waals surface area contributed by atoms with E-state index in [1.165, 1.54) is 6.42 Å². The number of hydrogen-bond acceptors (Lipinski definition) is 4. The summed E-state index contributed by atoms with van der Waals surface area (Å²) in [7, 11) is 0. The fourth-order valence-electron chi connectivity index (χ4n) is 2.57. The Morgan fingerprint density at radius 3 is 1.91 bits per heavy atom. The highest BCUT2D eigenvalue weighted by molar-refractivity contribution is 6.19. The lowest BCUT2D eigenvalue weighted by Crippen LogP contribution is -2.23. The first-order valence-corrected chi connectivity index (χ1v) is 12.4. The van der Waals surface area contributed by atoms with Crippen LogP contribution in [-0.4, -0.2) is 17.5 Å². The molecule has 2 N–H and O–H groups in total. The number of benzene rings is 2. The predicted octanol–water partition coefficient (Wildman–Crippen LogP) is 7.64. The van der Waals surface area contributed by atoms with Crippen LogP contribution in [0.2, 0.25) is 0 Å². The molecular weight excluding hydrogens is 438 g/mol. The number of primary amides is 1. The maximum absolute atomic E-state index is 11.5. The Hall–Kier alpha value is -3.08. The third kappa shape index (κ3) is 16.2. The summed E-state index contributed by atoms with van der Waals surface area (Å²) >= 11 is 0. The predicted molar refractivity (Wildman–Crippen MR) is 148 cm³/mol. The Morgan fingerprint density at radius 2 is 1.51 bits per heavy atom.